The molecule has 1 N–H and O–H groups in total. The Bertz CT molecular complexity index is 586. The summed E-state index contributed by atoms with van der Waals surface area (Å²) in [6.45, 7) is 7.96. The molecule has 0 aromatic heterocycles. The van der Waals surface area contributed by atoms with Crippen molar-refractivity contribution >= 4 is 17.3 Å². The highest BCUT2D eigenvalue weighted by Crippen LogP contribution is 2.23. The van der Waals surface area contributed by atoms with Crippen LogP contribution in [0.5, 0.6) is 0 Å². The van der Waals surface area contributed by atoms with E-state index >= 15 is 0 Å². The molecule has 0 bridgehead atoms. The molecule has 0 aliphatic carbocycles. The van der Waals surface area contributed by atoms with Crippen LogP contribution in [0.1, 0.15) is 19.4 Å². The number of nitro benzene ring substituents is 1. The van der Waals surface area contributed by atoms with Crippen LogP contribution in [0, 0.1) is 17.0 Å². The highest BCUT2D eigenvalue weighted by Gasteiger charge is 2.31. The van der Waals surface area contributed by atoms with Crippen LogP contribution in [0.25, 0.3) is 0 Å². The zero-order valence-corrected chi connectivity index (χ0v) is 13.1. The Morgan fingerprint density at radius 1 is 1.50 bits per heavy atom. The van der Waals surface area contributed by atoms with Gasteiger partial charge in [-0.25, -0.2) is 0 Å². The molecule has 1 fully saturated rings. The lowest BCUT2D eigenvalue weighted by atomic mass is 10.0. The topological polar surface area (TPSA) is 84.7 Å². The summed E-state index contributed by atoms with van der Waals surface area (Å²) >= 11 is 0. The molecule has 0 unspecified atom stereocenters. The second-order valence-electron chi connectivity index (χ2n) is 6.09. The highest BCUT2D eigenvalue weighted by molar-refractivity contribution is 5.93. The van der Waals surface area contributed by atoms with Crippen LogP contribution >= 0.6 is 0 Å². The molecule has 1 amide bonds. The van der Waals surface area contributed by atoms with Crippen molar-refractivity contribution in [3.8, 4) is 0 Å². The Kier molecular flexibility index (Phi) is 4.77. The van der Waals surface area contributed by atoms with Crippen LogP contribution in [0.15, 0.2) is 18.2 Å². The number of non-ortho nitro benzene ring substituents is 1. The normalized spacial score (nSPS) is 18.0. The SMILES string of the molecule is Cc1ccc([N+](=O)[O-])cc1NC(=O)CN1CCOCC1(C)C. The van der Waals surface area contributed by atoms with Crippen LogP contribution < -0.4 is 5.32 Å². The molecule has 1 aromatic carbocycles. The van der Waals surface area contributed by atoms with Crippen molar-refractivity contribution in [2.24, 2.45) is 0 Å². The van der Waals surface area contributed by atoms with Gasteiger partial charge in [0.25, 0.3) is 5.69 Å². The molecular formula is C15H21N3O4. The zero-order chi connectivity index (χ0) is 16.3. The quantitative estimate of drug-likeness (QED) is 0.679. The molecule has 1 aliphatic heterocycles. The number of nitrogens with zero attached hydrogens (tertiary/aromatic N) is 2. The van der Waals surface area contributed by atoms with Gasteiger partial charge in [0.2, 0.25) is 5.91 Å². The zero-order valence-electron chi connectivity index (χ0n) is 13.1. The second kappa shape index (κ2) is 6.41. The molecule has 1 aromatic rings. The number of hydrogen-bond acceptors (Lipinski definition) is 5. The minimum atomic E-state index is -0.472. The molecule has 2 rings (SSSR count). The fraction of sp³-hybridized carbons (Fsp3) is 0.533. The third-order valence-electron chi connectivity index (χ3n) is 3.86. The van der Waals surface area contributed by atoms with E-state index in [1.165, 1.54) is 12.1 Å². The largest absolute Gasteiger partial charge is 0.378 e. The van der Waals surface area contributed by atoms with E-state index in [4.69, 9.17) is 4.74 Å². The molecule has 7 nitrogen and oxygen atoms in total. The standard InChI is InChI=1S/C15H21N3O4/c1-11-4-5-12(18(20)21)8-13(11)16-14(19)9-17-6-7-22-10-15(17,2)3/h4-5,8H,6-7,9-10H2,1-3H3,(H,16,19). The third-order valence-corrected chi connectivity index (χ3v) is 3.86. The third kappa shape index (κ3) is 3.80. The fourth-order valence-electron chi connectivity index (χ4n) is 2.41. The van der Waals surface area contributed by atoms with Crippen molar-refractivity contribution in [3.05, 3.63) is 33.9 Å². The van der Waals surface area contributed by atoms with E-state index in [0.717, 1.165) is 5.56 Å². The van der Waals surface area contributed by atoms with Crippen molar-refractivity contribution in [1.29, 1.82) is 0 Å². The van der Waals surface area contributed by atoms with Gasteiger partial charge < -0.3 is 10.1 Å². The van der Waals surface area contributed by atoms with Crippen molar-refractivity contribution < 1.29 is 14.5 Å². The van der Waals surface area contributed by atoms with E-state index in [1.54, 1.807) is 13.0 Å². The Hall–Kier alpha value is -1.99. The number of carbonyl (C=O) groups is 1. The van der Waals surface area contributed by atoms with Gasteiger partial charge in [0.15, 0.2) is 0 Å². The average Bonchev–Trinajstić information content (AvgIpc) is 2.43. The van der Waals surface area contributed by atoms with Crippen LogP contribution in [0.2, 0.25) is 0 Å². The van der Waals surface area contributed by atoms with E-state index in [-0.39, 0.29) is 23.7 Å². The van der Waals surface area contributed by atoms with Gasteiger partial charge in [-0.2, -0.15) is 0 Å². The Morgan fingerprint density at radius 3 is 2.86 bits per heavy atom. The van der Waals surface area contributed by atoms with Crippen molar-refractivity contribution in [1.82, 2.24) is 4.90 Å². The lowest BCUT2D eigenvalue weighted by Crippen LogP contribution is -2.55. The molecule has 120 valence electrons. The van der Waals surface area contributed by atoms with Gasteiger partial charge in [0.1, 0.15) is 0 Å². The molecule has 7 heteroatoms. The maximum absolute atomic E-state index is 12.2. The number of rotatable bonds is 4. The van der Waals surface area contributed by atoms with Crippen molar-refractivity contribution in [2.45, 2.75) is 26.3 Å². The summed E-state index contributed by atoms with van der Waals surface area (Å²) in [5, 5.41) is 13.6. The molecule has 0 radical (unpaired) electrons. The second-order valence-corrected chi connectivity index (χ2v) is 6.09. The van der Waals surface area contributed by atoms with E-state index in [2.05, 4.69) is 10.2 Å². The number of nitrogens with one attached hydrogen (secondary N) is 1. The van der Waals surface area contributed by atoms with Gasteiger partial charge >= 0.3 is 0 Å². The van der Waals surface area contributed by atoms with Crippen LogP contribution in [-0.4, -0.2) is 47.6 Å². The van der Waals surface area contributed by atoms with Crippen molar-refractivity contribution in [3.63, 3.8) is 0 Å². The molecule has 22 heavy (non-hydrogen) atoms. The number of ether oxygens (including phenoxy) is 1. The minimum Gasteiger partial charge on any atom is -0.378 e. The van der Waals surface area contributed by atoms with Crippen LogP contribution in [-0.2, 0) is 9.53 Å². The molecule has 1 saturated heterocycles. The van der Waals surface area contributed by atoms with Gasteiger partial charge in [-0.1, -0.05) is 6.07 Å². The highest BCUT2D eigenvalue weighted by atomic mass is 16.6. The maximum atomic E-state index is 12.2. The van der Waals surface area contributed by atoms with Gasteiger partial charge in [-0.15, -0.1) is 0 Å². The lowest BCUT2D eigenvalue weighted by molar-refractivity contribution is -0.384. The summed E-state index contributed by atoms with van der Waals surface area (Å²) in [6, 6.07) is 4.44. The summed E-state index contributed by atoms with van der Waals surface area (Å²) < 4.78 is 5.43. The Morgan fingerprint density at radius 2 is 2.23 bits per heavy atom. The Labute approximate surface area is 129 Å². The van der Waals surface area contributed by atoms with Gasteiger partial charge in [-0.05, 0) is 26.3 Å². The lowest BCUT2D eigenvalue weighted by Gasteiger charge is -2.41. The predicted octanol–water partition coefficient (Wildman–Crippen LogP) is 1.95. The van der Waals surface area contributed by atoms with E-state index < -0.39 is 4.92 Å². The van der Waals surface area contributed by atoms with Crippen LogP contribution in [0.3, 0.4) is 0 Å². The molecular weight excluding hydrogens is 286 g/mol. The molecule has 0 saturated carbocycles. The van der Waals surface area contributed by atoms with E-state index in [1.807, 2.05) is 13.8 Å². The Balaban J connectivity index is 2.06. The number of carbonyl (C=O) groups excluding carboxylic acids is 1. The van der Waals surface area contributed by atoms with E-state index in [9.17, 15) is 14.9 Å². The first-order valence-corrected chi connectivity index (χ1v) is 7.17. The number of benzene rings is 1. The molecule has 0 atom stereocenters. The number of hydrogen-bond donors (Lipinski definition) is 1. The summed E-state index contributed by atoms with van der Waals surface area (Å²) in [6.07, 6.45) is 0. The molecule has 1 heterocycles. The van der Waals surface area contributed by atoms with Gasteiger partial charge in [0.05, 0.1) is 30.4 Å². The van der Waals surface area contributed by atoms with Gasteiger partial charge in [0, 0.05) is 24.2 Å². The summed E-state index contributed by atoms with van der Waals surface area (Å²) in [5.74, 6) is -0.182. The summed E-state index contributed by atoms with van der Waals surface area (Å²) in [5.41, 5.74) is 1.03. The average molecular weight is 307 g/mol. The first-order valence-electron chi connectivity index (χ1n) is 7.17. The van der Waals surface area contributed by atoms with Crippen LogP contribution in [0.4, 0.5) is 11.4 Å². The number of morpholine rings is 1. The fourth-order valence-corrected chi connectivity index (χ4v) is 2.41. The number of nitro groups is 1. The minimum absolute atomic E-state index is 0.0346. The van der Waals surface area contributed by atoms with E-state index in [0.29, 0.717) is 25.4 Å². The maximum Gasteiger partial charge on any atom is 0.271 e. The summed E-state index contributed by atoms with van der Waals surface area (Å²) in [7, 11) is 0. The molecule has 1 aliphatic rings. The molecule has 0 spiro atoms. The van der Waals surface area contributed by atoms with Crippen molar-refractivity contribution in [2.75, 3.05) is 31.6 Å². The smallest absolute Gasteiger partial charge is 0.271 e. The van der Waals surface area contributed by atoms with Gasteiger partial charge in [-0.3, -0.25) is 19.8 Å². The monoisotopic (exact) mass is 307 g/mol. The number of anilines is 1. The first kappa shape index (κ1) is 16.4. The number of amides is 1. The first-order chi connectivity index (χ1) is 10.3. The number of aryl methyl sites for hydroxylation is 1. The predicted molar refractivity (Wildman–Crippen MR) is 82.9 cm³/mol. The summed E-state index contributed by atoms with van der Waals surface area (Å²) in [4.78, 5) is 24.6.